The Balaban J connectivity index is 1.73. The van der Waals surface area contributed by atoms with Gasteiger partial charge in [-0.05, 0) is 13.0 Å². The number of hydrogen-bond donors (Lipinski definition) is 2. The number of nitrogens with zero attached hydrogens (tertiary/aromatic N) is 3. The van der Waals surface area contributed by atoms with Crippen LogP contribution in [0.2, 0.25) is 0 Å². The average Bonchev–Trinajstić information content (AvgIpc) is 3.37. The Bertz CT molecular complexity index is 942. The van der Waals surface area contributed by atoms with Gasteiger partial charge in [0.2, 0.25) is 5.91 Å². The summed E-state index contributed by atoms with van der Waals surface area (Å²) >= 11 is 2.72. The standard InChI is InChI=1S/C18H19N5O3S2/c1-11-22-23-17(28-11)7-16(24)21-13(12-5-3-4-6-15(12)26-2)8-19-18(25)14-9-27-10-20-14/h3-6,9-10,13H,7-8H2,1-2H3,(H,19,25)(H,21,24). The van der Waals surface area contributed by atoms with Crippen LogP contribution in [0.5, 0.6) is 5.75 Å². The van der Waals surface area contributed by atoms with E-state index < -0.39 is 6.04 Å². The molecule has 0 aliphatic heterocycles. The molecule has 0 saturated heterocycles. The number of aryl methyl sites for hydroxylation is 1. The third-order valence-corrected chi connectivity index (χ3v) is 5.29. The highest BCUT2D eigenvalue weighted by Gasteiger charge is 2.21. The van der Waals surface area contributed by atoms with Crippen molar-refractivity contribution in [3.63, 3.8) is 0 Å². The molecule has 0 spiro atoms. The molecule has 0 fully saturated rings. The molecule has 2 amide bonds. The molecule has 0 aliphatic carbocycles. The van der Waals surface area contributed by atoms with Gasteiger partial charge in [-0.1, -0.05) is 18.2 Å². The molecular weight excluding hydrogens is 398 g/mol. The highest BCUT2D eigenvalue weighted by atomic mass is 32.1. The summed E-state index contributed by atoms with van der Waals surface area (Å²) in [5, 5.41) is 16.8. The van der Waals surface area contributed by atoms with E-state index in [0.717, 1.165) is 10.6 Å². The van der Waals surface area contributed by atoms with E-state index in [1.807, 2.05) is 31.2 Å². The van der Waals surface area contributed by atoms with E-state index in [2.05, 4.69) is 25.8 Å². The number of rotatable bonds is 8. The summed E-state index contributed by atoms with van der Waals surface area (Å²) in [7, 11) is 1.57. The Morgan fingerprint density at radius 3 is 2.75 bits per heavy atom. The number of thiazole rings is 1. The van der Waals surface area contributed by atoms with Gasteiger partial charge in [0.1, 0.15) is 21.5 Å². The second-order valence-electron chi connectivity index (χ2n) is 5.84. The first-order valence-corrected chi connectivity index (χ1v) is 10.2. The lowest BCUT2D eigenvalue weighted by Gasteiger charge is -2.21. The van der Waals surface area contributed by atoms with Gasteiger partial charge >= 0.3 is 0 Å². The molecular formula is C18H19N5O3S2. The minimum atomic E-state index is -0.472. The minimum Gasteiger partial charge on any atom is -0.496 e. The lowest BCUT2D eigenvalue weighted by molar-refractivity contribution is -0.121. The number of amides is 2. The summed E-state index contributed by atoms with van der Waals surface area (Å²) in [6.07, 6.45) is 0.122. The van der Waals surface area contributed by atoms with Gasteiger partial charge in [0.25, 0.3) is 5.91 Å². The zero-order chi connectivity index (χ0) is 19.9. The van der Waals surface area contributed by atoms with E-state index >= 15 is 0 Å². The Morgan fingerprint density at radius 2 is 2.07 bits per heavy atom. The molecule has 8 nitrogen and oxygen atoms in total. The number of methoxy groups -OCH3 is 1. The van der Waals surface area contributed by atoms with Crippen LogP contribution in [-0.4, -0.2) is 40.7 Å². The SMILES string of the molecule is COc1ccccc1C(CNC(=O)c1cscn1)NC(=O)Cc1nnc(C)s1. The fraction of sp³-hybridized carbons (Fsp3) is 0.278. The third-order valence-electron chi connectivity index (χ3n) is 3.86. The molecule has 0 saturated carbocycles. The zero-order valence-corrected chi connectivity index (χ0v) is 17.0. The first kappa shape index (κ1) is 19.9. The fourth-order valence-corrected chi connectivity index (χ4v) is 3.83. The molecule has 28 heavy (non-hydrogen) atoms. The summed E-state index contributed by atoms with van der Waals surface area (Å²) in [6.45, 7) is 2.03. The summed E-state index contributed by atoms with van der Waals surface area (Å²) in [6, 6.07) is 6.89. The number of ether oxygens (including phenoxy) is 1. The summed E-state index contributed by atoms with van der Waals surface area (Å²) in [5.41, 5.74) is 2.71. The lowest BCUT2D eigenvalue weighted by Crippen LogP contribution is -2.38. The van der Waals surface area contributed by atoms with Crippen LogP contribution in [0, 0.1) is 6.92 Å². The van der Waals surface area contributed by atoms with Gasteiger partial charge in [0.05, 0.1) is 25.1 Å². The molecule has 3 rings (SSSR count). The van der Waals surface area contributed by atoms with Crippen molar-refractivity contribution in [3.8, 4) is 5.75 Å². The number of hydrogen-bond acceptors (Lipinski definition) is 8. The van der Waals surface area contributed by atoms with Gasteiger partial charge in [0.15, 0.2) is 0 Å². The molecule has 1 atom stereocenters. The van der Waals surface area contributed by atoms with Crippen molar-refractivity contribution in [1.29, 1.82) is 0 Å². The molecule has 2 N–H and O–H groups in total. The smallest absolute Gasteiger partial charge is 0.270 e. The average molecular weight is 418 g/mol. The molecule has 0 bridgehead atoms. The second kappa shape index (κ2) is 9.38. The van der Waals surface area contributed by atoms with Gasteiger partial charge in [-0.3, -0.25) is 9.59 Å². The van der Waals surface area contributed by atoms with Gasteiger partial charge in [0, 0.05) is 17.5 Å². The summed E-state index contributed by atoms with van der Waals surface area (Å²) in [5.74, 6) is 0.118. The van der Waals surface area contributed by atoms with Gasteiger partial charge in [-0.2, -0.15) is 0 Å². The Labute approximate surface area is 170 Å². The summed E-state index contributed by atoms with van der Waals surface area (Å²) in [4.78, 5) is 28.8. The predicted octanol–water partition coefficient (Wildman–Crippen LogP) is 2.14. The fourth-order valence-electron chi connectivity index (χ4n) is 2.59. The van der Waals surface area contributed by atoms with Gasteiger partial charge in [-0.15, -0.1) is 32.9 Å². The number of nitrogens with one attached hydrogen (secondary N) is 2. The number of carbonyl (C=O) groups excluding carboxylic acids is 2. The van der Waals surface area contributed by atoms with E-state index in [4.69, 9.17) is 4.74 Å². The highest BCUT2D eigenvalue weighted by molar-refractivity contribution is 7.11. The molecule has 0 aliphatic rings. The highest BCUT2D eigenvalue weighted by Crippen LogP contribution is 2.24. The molecule has 1 aromatic carbocycles. The van der Waals surface area contributed by atoms with Gasteiger partial charge < -0.3 is 15.4 Å². The molecule has 10 heteroatoms. The zero-order valence-electron chi connectivity index (χ0n) is 15.3. The van der Waals surface area contributed by atoms with Crippen molar-refractivity contribution in [2.24, 2.45) is 0 Å². The van der Waals surface area contributed by atoms with Crippen molar-refractivity contribution in [2.45, 2.75) is 19.4 Å². The van der Waals surface area contributed by atoms with Crippen LogP contribution in [0.25, 0.3) is 0 Å². The monoisotopic (exact) mass is 417 g/mol. The van der Waals surface area contributed by atoms with Crippen LogP contribution in [0.3, 0.4) is 0 Å². The number of aromatic nitrogens is 3. The maximum atomic E-state index is 12.5. The first-order valence-electron chi connectivity index (χ1n) is 8.44. The first-order chi connectivity index (χ1) is 13.6. The molecule has 1 unspecified atom stereocenters. The maximum Gasteiger partial charge on any atom is 0.270 e. The largest absolute Gasteiger partial charge is 0.496 e. The van der Waals surface area contributed by atoms with Crippen molar-refractivity contribution in [1.82, 2.24) is 25.8 Å². The predicted molar refractivity (Wildman–Crippen MR) is 107 cm³/mol. The van der Waals surface area contributed by atoms with Gasteiger partial charge in [-0.25, -0.2) is 4.98 Å². The van der Waals surface area contributed by atoms with Crippen LogP contribution >= 0.6 is 22.7 Å². The van der Waals surface area contributed by atoms with Crippen molar-refractivity contribution in [2.75, 3.05) is 13.7 Å². The van der Waals surface area contributed by atoms with E-state index in [1.165, 1.54) is 22.7 Å². The van der Waals surface area contributed by atoms with E-state index in [9.17, 15) is 9.59 Å². The molecule has 3 aromatic rings. The molecule has 0 radical (unpaired) electrons. The Morgan fingerprint density at radius 1 is 1.25 bits per heavy atom. The normalized spacial score (nSPS) is 11.6. The van der Waals surface area contributed by atoms with Crippen LogP contribution in [0.4, 0.5) is 0 Å². The van der Waals surface area contributed by atoms with Crippen LogP contribution in [-0.2, 0) is 11.2 Å². The quantitative estimate of drug-likeness (QED) is 0.582. The van der Waals surface area contributed by atoms with Crippen LogP contribution < -0.4 is 15.4 Å². The number of para-hydroxylation sites is 1. The van der Waals surface area contributed by atoms with Crippen LogP contribution in [0.15, 0.2) is 35.2 Å². The van der Waals surface area contributed by atoms with Crippen molar-refractivity contribution < 1.29 is 14.3 Å². The third kappa shape index (κ3) is 5.11. The number of carbonyl (C=O) groups is 2. The van der Waals surface area contributed by atoms with Crippen molar-refractivity contribution in [3.05, 3.63) is 56.4 Å². The number of benzene rings is 1. The lowest BCUT2D eigenvalue weighted by atomic mass is 10.0. The summed E-state index contributed by atoms with van der Waals surface area (Å²) < 4.78 is 5.41. The topological polar surface area (TPSA) is 106 Å². The minimum absolute atomic E-state index is 0.122. The van der Waals surface area contributed by atoms with E-state index in [0.29, 0.717) is 16.5 Å². The molecule has 2 heterocycles. The van der Waals surface area contributed by atoms with Crippen LogP contribution in [0.1, 0.15) is 32.1 Å². The molecule has 146 valence electrons. The van der Waals surface area contributed by atoms with E-state index in [-0.39, 0.29) is 24.8 Å². The second-order valence-corrected chi connectivity index (χ2v) is 7.82. The Hall–Kier alpha value is -2.85. The Kier molecular flexibility index (Phi) is 6.66. The maximum absolute atomic E-state index is 12.5. The van der Waals surface area contributed by atoms with E-state index in [1.54, 1.807) is 18.0 Å². The van der Waals surface area contributed by atoms with Crippen molar-refractivity contribution >= 4 is 34.5 Å². The molecule has 2 aromatic heterocycles.